The van der Waals surface area contributed by atoms with Crippen LogP contribution in [0.3, 0.4) is 0 Å². The zero-order valence-corrected chi connectivity index (χ0v) is 10.2. The summed E-state index contributed by atoms with van der Waals surface area (Å²) in [5, 5.41) is 0. The van der Waals surface area contributed by atoms with Crippen molar-refractivity contribution in [1.82, 2.24) is 9.97 Å². The van der Waals surface area contributed by atoms with E-state index < -0.39 is 0 Å². The number of nitrogens with zero attached hydrogens (tertiary/aromatic N) is 1. The molecule has 2 rings (SSSR count). The topological polar surface area (TPSA) is 45.8 Å². The molecule has 1 aromatic carbocycles. The highest BCUT2D eigenvalue weighted by Gasteiger charge is 2.06. The number of hydrogen-bond donors (Lipinski definition) is 1. The molecule has 0 saturated carbocycles. The number of aromatic amines is 1. The Bertz CT molecular complexity index is 558. The van der Waals surface area contributed by atoms with Crippen molar-refractivity contribution >= 4 is 0 Å². The van der Waals surface area contributed by atoms with Gasteiger partial charge in [-0.3, -0.25) is 4.79 Å². The lowest BCUT2D eigenvalue weighted by atomic mass is 10.1. The Hall–Kier alpha value is -1.90. The van der Waals surface area contributed by atoms with Crippen molar-refractivity contribution in [2.24, 2.45) is 0 Å². The van der Waals surface area contributed by atoms with E-state index in [0.29, 0.717) is 6.42 Å². The Morgan fingerprint density at radius 2 is 1.94 bits per heavy atom. The van der Waals surface area contributed by atoms with Crippen molar-refractivity contribution in [1.29, 1.82) is 0 Å². The van der Waals surface area contributed by atoms with Crippen LogP contribution in [0.25, 0.3) is 0 Å². The third-order valence-corrected chi connectivity index (χ3v) is 2.85. The van der Waals surface area contributed by atoms with Crippen LogP contribution in [0, 0.1) is 6.92 Å². The summed E-state index contributed by atoms with van der Waals surface area (Å²) in [6.45, 7) is 3.83. The third kappa shape index (κ3) is 2.61. The van der Waals surface area contributed by atoms with E-state index in [9.17, 15) is 4.79 Å². The van der Waals surface area contributed by atoms with E-state index in [4.69, 9.17) is 0 Å². The molecule has 88 valence electrons. The summed E-state index contributed by atoms with van der Waals surface area (Å²) < 4.78 is 0. The summed E-state index contributed by atoms with van der Waals surface area (Å²) in [4.78, 5) is 19.0. The quantitative estimate of drug-likeness (QED) is 0.875. The van der Waals surface area contributed by atoms with Gasteiger partial charge < -0.3 is 4.98 Å². The minimum atomic E-state index is -0.0252. The van der Waals surface area contributed by atoms with Gasteiger partial charge in [-0.1, -0.05) is 37.3 Å². The zero-order chi connectivity index (χ0) is 12.3. The fourth-order valence-corrected chi connectivity index (χ4v) is 1.85. The van der Waals surface area contributed by atoms with Crippen molar-refractivity contribution in [2.75, 3.05) is 0 Å². The molecular formula is C14H16N2O. The normalized spacial score (nSPS) is 10.5. The van der Waals surface area contributed by atoms with Gasteiger partial charge in [-0.05, 0) is 18.9 Å². The first-order valence-electron chi connectivity index (χ1n) is 5.83. The number of hydrogen-bond acceptors (Lipinski definition) is 2. The Kier molecular flexibility index (Phi) is 3.38. The maximum absolute atomic E-state index is 11.7. The summed E-state index contributed by atoms with van der Waals surface area (Å²) in [7, 11) is 0. The zero-order valence-electron chi connectivity index (χ0n) is 10.2. The van der Waals surface area contributed by atoms with Crippen LogP contribution in [0.5, 0.6) is 0 Å². The molecule has 2 aromatic rings. The Balaban J connectivity index is 2.34. The number of aryl methyl sites for hydroxylation is 1. The second-order valence-electron chi connectivity index (χ2n) is 4.10. The Morgan fingerprint density at radius 3 is 2.59 bits per heavy atom. The Labute approximate surface area is 101 Å². The lowest BCUT2D eigenvalue weighted by Gasteiger charge is -2.05. The van der Waals surface area contributed by atoms with E-state index in [0.717, 1.165) is 29.1 Å². The molecule has 0 spiro atoms. The number of nitrogens with one attached hydrogen (secondary N) is 1. The van der Waals surface area contributed by atoms with Gasteiger partial charge in [0.05, 0.1) is 5.69 Å². The molecule has 0 aliphatic carbocycles. The molecule has 0 unspecified atom stereocenters. The highest BCUT2D eigenvalue weighted by Crippen LogP contribution is 2.06. The van der Waals surface area contributed by atoms with E-state index in [-0.39, 0.29) is 5.56 Å². The predicted octanol–water partition coefficient (Wildman–Crippen LogP) is 2.23. The summed E-state index contributed by atoms with van der Waals surface area (Å²) in [5.41, 5.74) is 2.74. The molecule has 1 heterocycles. The molecule has 0 fully saturated rings. The monoisotopic (exact) mass is 228 g/mol. The highest BCUT2D eigenvalue weighted by atomic mass is 16.1. The summed E-state index contributed by atoms with van der Waals surface area (Å²) in [5.74, 6) is 0.739. The van der Waals surface area contributed by atoms with Gasteiger partial charge in [0.2, 0.25) is 0 Å². The van der Waals surface area contributed by atoms with Gasteiger partial charge in [-0.2, -0.15) is 0 Å². The largest absolute Gasteiger partial charge is 0.310 e. The molecular weight excluding hydrogens is 212 g/mol. The lowest BCUT2D eigenvalue weighted by molar-refractivity contribution is 0.868. The number of benzene rings is 1. The molecule has 0 amide bonds. The van der Waals surface area contributed by atoms with Crippen LogP contribution in [0.4, 0.5) is 0 Å². The minimum absolute atomic E-state index is 0.0252. The van der Waals surface area contributed by atoms with Gasteiger partial charge in [0, 0.05) is 12.0 Å². The molecule has 1 aromatic heterocycles. The average molecular weight is 228 g/mol. The van der Waals surface area contributed by atoms with Crippen LogP contribution >= 0.6 is 0 Å². The molecule has 0 atom stereocenters. The second-order valence-corrected chi connectivity index (χ2v) is 4.10. The SMILES string of the molecule is CCc1nc(Cc2ccccc2)[nH]c(=O)c1C. The first kappa shape index (κ1) is 11.6. The first-order valence-corrected chi connectivity index (χ1v) is 5.83. The second kappa shape index (κ2) is 4.95. The van der Waals surface area contributed by atoms with Crippen molar-refractivity contribution in [3.63, 3.8) is 0 Å². The number of H-pyrrole nitrogens is 1. The Morgan fingerprint density at radius 1 is 1.24 bits per heavy atom. The molecule has 0 aliphatic heterocycles. The molecule has 0 saturated heterocycles. The molecule has 0 radical (unpaired) electrons. The van der Waals surface area contributed by atoms with Crippen LogP contribution in [0.15, 0.2) is 35.1 Å². The van der Waals surface area contributed by atoms with Crippen LogP contribution < -0.4 is 5.56 Å². The molecule has 3 nitrogen and oxygen atoms in total. The van der Waals surface area contributed by atoms with Crippen LogP contribution in [0.2, 0.25) is 0 Å². The van der Waals surface area contributed by atoms with E-state index >= 15 is 0 Å². The smallest absolute Gasteiger partial charge is 0.254 e. The van der Waals surface area contributed by atoms with Crippen molar-refractivity contribution < 1.29 is 0 Å². The maximum atomic E-state index is 11.7. The average Bonchev–Trinajstić information content (AvgIpc) is 2.35. The fourth-order valence-electron chi connectivity index (χ4n) is 1.85. The summed E-state index contributed by atoms with van der Waals surface area (Å²) in [6, 6.07) is 10.0. The summed E-state index contributed by atoms with van der Waals surface area (Å²) >= 11 is 0. The van der Waals surface area contributed by atoms with Crippen molar-refractivity contribution in [3.05, 3.63) is 63.3 Å². The molecule has 1 N–H and O–H groups in total. The van der Waals surface area contributed by atoms with Gasteiger partial charge in [-0.25, -0.2) is 4.98 Å². The van der Waals surface area contributed by atoms with Gasteiger partial charge in [0.15, 0.2) is 0 Å². The van der Waals surface area contributed by atoms with E-state index in [2.05, 4.69) is 9.97 Å². The van der Waals surface area contributed by atoms with Crippen LogP contribution in [-0.4, -0.2) is 9.97 Å². The lowest BCUT2D eigenvalue weighted by Crippen LogP contribution is -2.17. The van der Waals surface area contributed by atoms with Gasteiger partial charge in [0.1, 0.15) is 5.82 Å². The summed E-state index contributed by atoms with van der Waals surface area (Å²) in [6.07, 6.45) is 1.46. The van der Waals surface area contributed by atoms with E-state index in [1.807, 2.05) is 44.2 Å². The number of aromatic nitrogens is 2. The van der Waals surface area contributed by atoms with Crippen LogP contribution in [0.1, 0.15) is 29.6 Å². The molecule has 17 heavy (non-hydrogen) atoms. The standard InChI is InChI=1S/C14H16N2O/c1-3-12-10(2)14(17)16-13(15-12)9-11-7-5-4-6-8-11/h4-8H,3,9H2,1-2H3,(H,15,16,17). The third-order valence-electron chi connectivity index (χ3n) is 2.85. The molecule has 0 aliphatic rings. The van der Waals surface area contributed by atoms with Gasteiger partial charge in [-0.15, -0.1) is 0 Å². The number of rotatable bonds is 3. The van der Waals surface area contributed by atoms with E-state index in [1.165, 1.54) is 0 Å². The predicted molar refractivity (Wildman–Crippen MR) is 68.2 cm³/mol. The highest BCUT2D eigenvalue weighted by molar-refractivity contribution is 5.21. The van der Waals surface area contributed by atoms with Gasteiger partial charge >= 0.3 is 0 Å². The van der Waals surface area contributed by atoms with Crippen molar-refractivity contribution in [3.8, 4) is 0 Å². The van der Waals surface area contributed by atoms with Gasteiger partial charge in [0.25, 0.3) is 5.56 Å². The molecule has 3 heteroatoms. The fraction of sp³-hybridized carbons (Fsp3) is 0.286. The van der Waals surface area contributed by atoms with Crippen molar-refractivity contribution in [2.45, 2.75) is 26.7 Å². The van der Waals surface area contributed by atoms with Crippen LogP contribution in [-0.2, 0) is 12.8 Å². The maximum Gasteiger partial charge on any atom is 0.254 e. The minimum Gasteiger partial charge on any atom is -0.310 e. The first-order chi connectivity index (χ1) is 8.20. The molecule has 0 bridgehead atoms. The van der Waals surface area contributed by atoms with E-state index in [1.54, 1.807) is 0 Å².